The molecule has 0 aliphatic carbocycles. The molecule has 0 spiro atoms. The van der Waals surface area contributed by atoms with Crippen LogP contribution in [-0.2, 0) is 14.3 Å². The summed E-state index contributed by atoms with van der Waals surface area (Å²) in [5.41, 5.74) is 0. The lowest BCUT2D eigenvalue weighted by atomic mass is 9.99. The summed E-state index contributed by atoms with van der Waals surface area (Å²) in [5.74, 6) is 0.0724. The first-order valence-electron chi connectivity index (χ1n) is 6.39. The van der Waals surface area contributed by atoms with Crippen molar-refractivity contribution in [3.05, 3.63) is 24.3 Å². The monoisotopic (exact) mass is 238 g/mol. The van der Waals surface area contributed by atoms with Crippen LogP contribution < -0.4 is 0 Å². The average molecular weight is 238 g/mol. The molecule has 0 amide bonds. The summed E-state index contributed by atoms with van der Waals surface area (Å²) in [7, 11) is 0. The molecule has 1 aliphatic rings. The lowest BCUT2D eigenvalue weighted by Gasteiger charge is -2.07. The van der Waals surface area contributed by atoms with Crippen LogP contribution in [0.25, 0.3) is 0 Å². The maximum Gasteiger partial charge on any atom is 0.330 e. The molecule has 3 nitrogen and oxygen atoms in total. The van der Waals surface area contributed by atoms with Gasteiger partial charge in [0.1, 0.15) is 0 Å². The number of hydrogen-bond donors (Lipinski definition) is 0. The molecule has 0 bridgehead atoms. The SMILES string of the molecule is CC/C=C\CC[C@H](/C=C/C(=O)OCC)[C@@H]1CO1. The second kappa shape index (κ2) is 8.07. The number of carbonyl (C=O) groups is 1. The van der Waals surface area contributed by atoms with Crippen molar-refractivity contribution in [2.45, 2.75) is 39.2 Å². The number of carbonyl (C=O) groups excluding carboxylic acids is 1. The summed E-state index contributed by atoms with van der Waals surface area (Å²) in [5, 5.41) is 0. The lowest BCUT2D eigenvalue weighted by Crippen LogP contribution is -2.07. The number of allylic oxidation sites excluding steroid dienone is 2. The van der Waals surface area contributed by atoms with Gasteiger partial charge in [0, 0.05) is 12.0 Å². The first-order chi connectivity index (χ1) is 8.27. The topological polar surface area (TPSA) is 38.8 Å². The molecule has 1 aliphatic heterocycles. The largest absolute Gasteiger partial charge is 0.463 e. The molecule has 0 aromatic rings. The number of rotatable bonds is 8. The van der Waals surface area contributed by atoms with Crippen molar-refractivity contribution in [1.82, 2.24) is 0 Å². The van der Waals surface area contributed by atoms with Crippen LogP contribution in [0, 0.1) is 5.92 Å². The van der Waals surface area contributed by atoms with Crippen molar-refractivity contribution < 1.29 is 14.3 Å². The summed E-state index contributed by atoms with van der Waals surface area (Å²) in [6.45, 7) is 5.17. The fourth-order valence-corrected chi connectivity index (χ4v) is 1.67. The molecular weight excluding hydrogens is 216 g/mol. The zero-order valence-electron chi connectivity index (χ0n) is 10.7. The van der Waals surface area contributed by atoms with Gasteiger partial charge in [0.15, 0.2) is 0 Å². The van der Waals surface area contributed by atoms with Crippen molar-refractivity contribution in [2.24, 2.45) is 5.92 Å². The van der Waals surface area contributed by atoms with E-state index in [9.17, 15) is 4.79 Å². The van der Waals surface area contributed by atoms with Gasteiger partial charge in [-0.1, -0.05) is 25.2 Å². The fourth-order valence-electron chi connectivity index (χ4n) is 1.67. The first-order valence-corrected chi connectivity index (χ1v) is 6.39. The molecule has 1 rings (SSSR count). The Bertz CT molecular complexity index is 277. The van der Waals surface area contributed by atoms with Crippen LogP contribution in [0.4, 0.5) is 0 Å². The third-order valence-corrected chi connectivity index (χ3v) is 2.67. The molecule has 1 saturated heterocycles. The summed E-state index contributed by atoms with van der Waals surface area (Å²) in [6, 6.07) is 0. The first kappa shape index (κ1) is 14.0. The highest BCUT2D eigenvalue weighted by Gasteiger charge is 2.30. The Hall–Kier alpha value is -1.09. The Morgan fingerprint density at radius 1 is 1.47 bits per heavy atom. The zero-order valence-corrected chi connectivity index (χ0v) is 10.7. The molecule has 0 N–H and O–H groups in total. The molecule has 1 fully saturated rings. The van der Waals surface area contributed by atoms with Crippen LogP contribution in [-0.4, -0.2) is 25.3 Å². The predicted molar refractivity (Wildman–Crippen MR) is 67.7 cm³/mol. The average Bonchev–Trinajstić information content (AvgIpc) is 3.12. The van der Waals surface area contributed by atoms with Gasteiger partial charge in [-0.2, -0.15) is 0 Å². The Kier molecular flexibility index (Phi) is 6.63. The third-order valence-electron chi connectivity index (χ3n) is 2.67. The standard InChI is InChI=1S/C14H22O3/c1-3-5-6-7-8-12(13-11-17-13)9-10-14(15)16-4-2/h5-6,9-10,12-13H,3-4,7-8,11H2,1-2H3/b6-5-,10-9+/t12-,13+/m1/s1. The van der Waals surface area contributed by atoms with Crippen molar-refractivity contribution in [1.29, 1.82) is 0 Å². The number of ether oxygens (including phenoxy) is 2. The van der Waals surface area contributed by atoms with Gasteiger partial charge in [0.25, 0.3) is 0 Å². The van der Waals surface area contributed by atoms with Crippen LogP contribution in [0.3, 0.4) is 0 Å². The van der Waals surface area contributed by atoms with Crippen LogP contribution in [0.5, 0.6) is 0 Å². The highest BCUT2D eigenvalue weighted by atomic mass is 16.6. The molecule has 0 aromatic heterocycles. The van der Waals surface area contributed by atoms with Crippen molar-refractivity contribution in [3.63, 3.8) is 0 Å². The number of epoxide rings is 1. The fraction of sp³-hybridized carbons (Fsp3) is 0.643. The lowest BCUT2D eigenvalue weighted by molar-refractivity contribution is -0.137. The van der Waals surface area contributed by atoms with Crippen LogP contribution >= 0.6 is 0 Å². The molecule has 17 heavy (non-hydrogen) atoms. The smallest absolute Gasteiger partial charge is 0.330 e. The second-order valence-corrected chi connectivity index (χ2v) is 4.10. The van der Waals surface area contributed by atoms with Gasteiger partial charge in [-0.3, -0.25) is 0 Å². The summed E-state index contributed by atoms with van der Waals surface area (Å²) >= 11 is 0. The minimum Gasteiger partial charge on any atom is -0.463 e. The van der Waals surface area contributed by atoms with Gasteiger partial charge in [-0.15, -0.1) is 0 Å². The minimum absolute atomic E-state index is 0.262. The van der Waals surface area contributed by atoms with Gasteiger partial charge in [-0.05, 0) is 26.2 Å². The highest BCUT2D eigenvalue weighted by molar-refractivity contribution is 5.81. The molecule has 3 heteroatoms. The number of esters is 1. The van der Waals surface area contributed by atoms with Gasteiger partial charge in [0.05, 0.1) is 19.3 Å². The van der Waals surface area contributed by atoms with E-state index in [1.54, 1.807) is 0 Å². The summed E-state index contributed by atoms with van der Waals surface area (Å²) in [4.78, 5) is 11.2. The minimum atomic E-state index is -0.262. The van der Waals surface area contributed by atoms with Gasteiger partial charge in [-0.25, -0.2) is 4.79 Å². The van der Waals surface area contributed by atoms with Crippen LogP contribution in [0.15, 0.2) is 24.3 Å². The number of hydrogen-bond acceptors (Lipinski definition) is 3. The van der Waals surface area contributed by atoms with E-state index in [0.717, 1.165) is 25.9 Å². The van der Waals surface area contributed by atoms with E-state index in [2.05, 4.69) is 19.1 Å². The summed E-state index contributed by atoms with van der Waals surface area (Å²) in [6.07, 6.45) is 11.2. The molecule has 2 atom stereocenters. The molecule has 1 heterocycles. The van der Waals surface area contributed by atoms with Crippen molar-refractivity contribution in [3.8, 4) is 0 Å². The maximum absolute atomic E-state index is 11.2. The van der Waals surface area contributed by atoms with Crippen LogP contribution in [0.1, 0.15) is 33.1 Å². The van der Waals surface area contributed by atoms with E-state index >= 15 is 0 Å². The molecule has 0 unspecified atom stereocenters. The molecular formula is C14H22O3. The molecule has 0 aromatic carbocycles. The van der Waals surface area contributed by atoms with Gasteiger partial charge in [0.2, 0.25) is 0 Å². The molecule has 0 radical (unpaired) electrons. The van der Waals surface area contributed by atoms with Gasteiger partial charge < -0.3 is 9.47 Å². The normalized spacial score (nSPS) is 20.9. The van der Waals surface area contributed by atoms with Crippen molar-refractivity contribution >= 4 is 5.97 Å². The van der Waals surface area contributed by atoms with Gasteiger partial charge >= 0.3 is 5.97 Å². The second-order valence-electron chi connectivity index (χ2n) is 4.10. The quantitative estimate of drug-likeness (QED) is 0.282. The third kappa shape index (κ3) is 6.27. The zero-order chi connectivity index (χ0) is 12.5. The molecule has 0 saturated carbocycles. The predicted octanol–water partition coefficient (Wildman–Crippen LogP) is 2.87. The van der Waals surface area contributed by atoms with E-state index < -0.39 is 0 Å². The Morgan fingerprint density at radius 3 is 2.82 bits per heavy atom. The molecule has 96 valence electrons. The van der Waals surface area contributed by atoms with Crippen molar-refractivity contribution in [2.75, 3.05) is 13.2 Å². The van der Waals surface area contributed by atoms with E-state index in [4.69, 9.17) is 9.47 Å². The maximum atomic E-state index is 11.2. The summed E-state index contributed by atoms with van der Waals surface area (Å²) < 4.78 is 10.1. The van der Waals surface area contributed by atoms with E-state index in [1.807, 2.05) is 13.0 Å². The van der Waals surface area contributed by atoms with E-state index in [0.29, 0.717) is 18.6 Å². The Morgan fingerprint density at radius 2 is 2.24 bits per heavy atom. The van der Waals surface area contributed by atoms with E-state index in [1.165, 1.54) is 6.08 Å². The Balaban J connectivity index is 2.32. The van der Waals surface area contributed by atoms with Crippen LogP contribution in [0.2, 0.25) is 0 Å². The highest BCUT2D eigenvalue weighted by Crippen LogP contribution is 2.25. The van der Waals surface area contributed by atoms with E-state index in [-0.39, 0.29) is 5.97 Å². The Labute approximate surface area is 103 Å².